The molecule has 0 bridgehead atoms. The van der Waals surface area contributed by atoms with Gasteiger partial charge in [0, 0.05) is 10.8 Å². The molecule has 1 aliphatic carbocycles. The summed E-state index contributed by atoms with van der Waals surface area (Å²) in [6, 6.07) is 1.67. The number of alkyl halides is 24. The minimum Gasteiger partial charge on any atom is -0.268 e. The summed E-state index contributed by atoms with van der Waals surface area (Å²) in [4.78, 5) is 5.98. The highest BCUT2D eigenvalue weighted by Gasteiger charge is 2.47. The van der Waals surface area contributed by atoms with E-state index in [-0.39, 0.29) is 0 Å². The minimum atomic E-state index is -6.13. The topological polar surface area (TPSA) is 13.1 Å². The zero-order chi connectivity index (χ0) is 55.4. The summed E-state index contributed by atoms with van der Waals surface area (Å²) in [6.07, 6.45) is -44.0. The zero-order valence-corrected chi connectivity index (χ0v) is 36.6. The number of hydrogen-bond acceptors (Lipinski definition) is 1. The van der Waals surface area contributed by atoms with Crippen molar-refractivity contribution in [3.05, 3.63) is 160 Å². The first-order chi connectivity index (χ1) is 33.7. The molecule has 0 radical (unpaired) electrons. The number of pyridine rings is 1. The second kappa shape index (κ2) is 19.8. The zero-order valence-electron chi connectivity index (χ0n) is 36.6. The fraction of sp³-hybridized carbons (Fsp3) is 0.298. The molecule has 74 heavy (non-hydrogen) atoms. The SMILES string of the molecule is FC(F)(F)c1cc([B-](c2cc(C(F)(F)F)cc(C(F)(F)F)c2)(c2cc(C(F)(F)F)cc(C(F)(F)F)c2)c2cc(C(F)(F)F)cc(C(F)(F)F)c2)cc(C(F)(F)F)c1.c1ccc2c[n+](OC3CCCCC3)ccc2c1. The van der Waals surface area contributed by atoms with Gasteiger partial charge < -0.3 is 0 Å². The third-order valence-corrected chi connectivity index (χ3v) is 11.9. The maximum Gasteiger partial charge on any atom is 0.416 e. The molecule has 0 unspecified atom stereocenters. The van der Waals surface area contributed by atoms with Crippen molar-refractivity contribution in [3.8, 4) is 0 Å². The summed E-state index contributed by atoms with van der Waals surface area (Å²) in [5.74, 6) is 0. The van der Waals surface area contributed by atoms with Crippen molar-refractivity contribution in [2.75, 3.05) is 0 Å². The number of benzene rings is 5. The highest BCUT2D eigenvalue weighted by atomic mass is 19.4. The lowest BCUT2D eigenvalue weighted by atomic mass is 9.12. The molecule has 0 N–H and O–H groups in total. The lowest BCUT2D eigenvalue weighted by molar-refractivity contribution is -0.898. The van der Waals surface area contributed by atoms with E-state index in [0.29, 0.717) is 6.10 Å². The predicted octanol–water partition coefficient (Wildman–Crippen LogP) is 14.1. The number of aromatic nitrogens is 1. The Morgan fingerprint density at radius 3 is 0.851 bits per heavy atom. The smallest absolute Gasteiger partial charge is 0.268 e. The molecule has 0 aliphatic heterocycles. The van der Waals surface area contributed by atoms with Crippen molar-refractivity contribution in [2.45, 2.75) is 87.6 Å². The third kappa shape index (κ3) is 13.0. The van der Waals surface area contributed by atoms with Gasteiger partial charge in [0.05, 0.1) is 49.9 Å². The van der Waals surface area contributed by atoms with E-state index in [2.05, 4.69) is 36.5 Å². The van der Waals surface area contributed by atoms with Crippen LogP contribution < -0.4 is 31.4 Å². The molecule has 400 valence electrons. The predicted molar refractivity (Wildman–Crippen MR) is 218 cm³/mol. The molecule has 0 spiro atoms. The van der Waals surface area contributed by atoms with E-state index in [0.717, 1.165) is 0 Å². The average molecular weight is 1090 g/mol. The summed E-state index contributed by atoms with van der Waals surface area (Å²) in [6.45, 7) is 0. The molecule has 27 heteroatoms. The summed E-state index contributed by atoms with van der Waals surface area (Å²) in [5, 5.41) is 2.49. The Labute approximate surface area is 401 Å². The normalized spacial score (nSPS) is 15.0. The van der Waals surface area contributed by atoms with E-state index >= 15 is 0 Å². The summed E-state index contributed by atoms with van der Waals surface area (Å²) in [5.41, 5.74) is -30.2. The van der Waals surface area contributed by atoms with Crippen molar-refractivity contribution < 1.29 is 115 Å². The monoisotopic (exact) mass is 1090 g/mol. The van der Waals surface area contributed by atoms with E-state index in [1.165, 1.54) is 42.9 Å². The number of nitrogens with zero attached hydrogens (tertiary/aromatic N) is 1. The average Bonchev–Trinajstić information content (AvgIpc) is 3.27. The van der Waals surface area contributed by atoms with E-state index in [1.807, 2.05) is 10.9 Å². The Kier molecular flexibility index (Phi) is 15.2. The maximum atomic E-state index is 14.2. The standard InChI is InChI=1S/C32H12BF24.C15H18NO/c34-25(35,36)13-1-14(26(37,38)39)6-21(5-13)33(22-7-15(27(40,41)42)2-16(8-22)28(43,44)45,23-9-17(29(46,47)48)3-18(10-23)30(49,50)51)24-11-19(31(52,53)54)4-20(12-24)32(55,56)57;1-2-8-15(9-3-1)17-16-11-10-13-6-4-5-7-14(13)12-16/h1-12H;4-7,10-12,15H,1-3,8-9H2/q-1;+1. The van der Waals surface area contributed by atoms with Crippen LogP contribution in [0.5, 0.6) is 0 Å². The number of rotatable bonds is 6. The van der Waals surface area contributed by atoms with E-state index in [1.54, 1.807) is 0 Å². The van der Waals surface area contributed by atoms with Gasteiger partial charge in [0.2, 0.25) is 12.4 Å². The lowest BCUT2D eigenvalue weighted by Gasteiger charge is -2.46. The highest BCUT2D eigenvalue weighted by Crippen LogP contribution is 2.41. The Morgan fingerprint density at radius 1 is 0.338 bits per heavy atom. The van der Waals surface area contributed by atoms with Crippen LogP contribution in [0.2, 0.25) is 0 Å². The molecule has 2 nitrogen and oxygen atoms in total. The molecule has 7 rings (SSSR count). The molecule has 1 fully saturated rings. The molecule has 1 heterocycles. The van der Waals surface area contributed by atoms with Gasteiger partial charge in [-0.3, -0.25) is 4.84 Å². The quantitative estimate of drug-likeness (QED) is 0.0920. The highest BCUT2D eigenvalue weighted by molar-refractivity contribution is 7.20. The molecule has 1 aromatic heterocycles. The van der Waals surface area contributed by atoms with Crippen molar-refractivity contribution in [2.24, 2.45) is 0 Å². The van der Waals surface area contributed by atoms with Gasteiger partial charge in [-0.25, -0.2) is 0 Å². The largest absolute Gasteiger partial charge is 0.416 e. The molecule has 1 saturated carbocycles. The summed E-state index contributed by atoms with van der Waals surface area (Å²) in [7, 11) is 0. The van der Waals surface area contributed by atoms with E-state index < -0.39 is 195 Å². The molecular weight excluding hydrogens is 1060 g/mol. The Hall–Kier alpha value is -6.31. The van der Waals surface area contributed by atoms with Crippen LogP contribution in [0.15, 0.2) is 116 Å². The molecule has 0 amide bonds. The van der Waals surface area contributed by atoms with Gasteiger partial charge >= 0.3 is 49.4 Å². The van der Waals surface area contributed by atoms with Crippen LogP contribution in [0.1, 0.15) is 76.6 Å². The fourth-order valence-electron chi connectivity index (χ4n) is 8.59. The van der Waals surface area contributed by atoms with Crippen molar-refractivity contribution in [1.82, 2.24) is 0 Å². The first kappa shape index (κ1) is 57.0. The van der Waals surface area contributed by atoms with Crippen molar-refractivity contribution >= 4 is 38.8 Å². The van der Waals surface area contributed by atoms with Gasteiger partial charge in [0.15, 0.2) is 6.10 Å². The Balaban J connectivity index is 0.000000436. The summed E-state index contributed by atoms with van der Waals surface area (Å²) >= 11 is 0. The summed E-state index contributed by atoms with van der Waals surface area (Å²) < 4.78 is 343. The van der Waals surface area contributed by atoms with Gasteiger partial charge in [-0.1, -0.05) is 73.2 Å². The van der Waals surface area contributed by atoms with Crippen LogP contribution in [0, 0.1) is 0 Å². The number of halogens is 24. The molecular formula is C47H30BF24NO. The van der Waals surface area contributed by atoms with Gasteiger partial charge in [-0.15, -0.1) is 0 Å². The molecule has 0 atom stereocenters. The van der Waals surface area contributed by atoms with Crippen LogP contribution in [0.3, 0.4) is 0 Å². The minimum absolute atomic E-state index is 0.398. The van der Waals surface area contributed by atoms with Crippen LogP contribution in [0.25, 0.3) is 10.8 Å². The Bertz CT molecular complexity index is 2530. The van der Waals surface area contributed by atoms with Crippen LogP contribution >= 0.6 is 0 Å². The second-order valence-corrected chi connectivity index (χ2v) is 17.0. The van der Waals surface area contributed by atoms with Gasteiger partial charge in [0.25, 0.3) is 0 Å². The lowest BCUT2D eigenvalue weighted by Crippen LogP contribution is -2.75. The molecule has 1 aliphatic rings. The van der Waals surface area contributed by atoms with Gasteiger partial charge in [0.1, 0.15) is 6.15 Å². The molecule has 6 aromatic rings. The van der Waals surface area contributed by atoms with Crippen LogP contribution in [0.4, 0.5) is 105 Å². The molecule has 0 saturated heterocycles. The van der Waals surface area contributed by atoms with Gasteiger partial charge in [-0.2, -0.15) is 127 Å². The first-order valence-electron chi connectivity index (χ1n) is 21.1. The third-order valence-electron chi connectivity index (χ3n) is 11.9. The van der Waals surface area contributed by atoms with E-state index in [9.17, 15) is 105 Å². The number of fused-ring (bicyclic) bond motifs is 1. The number of hydrogen-bond donors (Lipinski definition) is 0. The van der Waals surface area contributed by atoms with Crippen LogP contribution in [-0.4, -0.2) is 12.2 Å². The van der Waals surface area contributed by atoms with Gasteiger partial charge in [-0.05, 0) is 61.4 Å². The molecule has 5 aromatic carbocycles. The van der Waals surface area contributed by atoms with Crippen molar-refractivity contribution in [1.29, 1.82) is 0 Å². The van der Waals surface area contributed by atoms with E-state index in [4.69, 9.17) is 4.84 Å². The van der Waals surface area contributed by atoms with Crippen LogP contribution in [-0.2, 0) is 49.4 Å². The fourth-order valence-corrected chi connectivity index (χ4v) is 8.59. The van der Waals surface area contributed by atoms with Crippen molar-refractivity contribution in [3.63, 3.8) is 0 Å². The first-order valence-corrected chi connectivity index (χ1v) is 21.1. The second-order valence-electron chi connectivity index (χ2n) is 17.0. The maximum absolute atomic E-state index is 14.2. The Morgan fingerprint density at radius 2 is 0.595 bits per heavy atom.